The first-order valence-corrected chi connectivity index (χ1v) is 18.8. The van der Waals surface area contributed by atoms with Crippen LogP contribution in [0.4, 0.5) is 0 Å². The highest BCUT2D eigenvalue weighted by Gasteiger charge is 2.38. The largest absolute Gasteiger partial charge is 0.458 e. The Kier molecular flexibility index (Phi) is 15.3. The molecule has 306 valence electrons. The minimum Gasteiger partial charge on any atom is -0.458 e. The Balaban J connectivity index is 1.32. The van der Waals surface area contributed by atoms with Crippen LogP contribution >= 0.6 is 0 Å². The zero-order valence-corrected chi connectivity index (χ0v) is 33.1. The van der Waals surface area contributed by atoms with Gasteiger partial charge >= 0.3 is 29.8 Å². The van der Waals surface area contributed by atoms with Gasteiger partial charge in [0.25, 0.3) is 0 Å². The monoisotopic (exact) mass is 802 g/mol. The Bertz CT molecular complexity index is 2000. The maximum Gasteiger partial charge on any atom is 0.338 e. The number of carbonyl (C=O) groups is 5. The molecule has 5 aromatic carbocycles. The van der Waals surface area contributed by atoms with Gasteiger partial charge in [0.05, 0.1) is 54.2 Å². The van der Waals surface area contributed by atoms with Crippen molar-refractivity contribution in [3.8, 4) is 0 Å². The van der Waals surface area contributed by atoms with Crippen LogP contribution in [0.25, 0.3) is 0 Å². The highest BCUT2D eigenvalue weighted by Crippen LogP contribution is 2.23. The number of benzene rings is 5. The second-order valence-electron chi connectivity index (χ2n) is 14.5. The molecule has 2 atom stereocenters. The van der Waals surface area contributed by atoms with Crippen molar-refractivity contribution in [1.29, 1.82) is 0 Å². The van der Waals surface area contributed by atoms with Gasteiger partial charge < -0.3 is 33.2 Å². The first-order valence-electron chi connectivity index (χ1n) is 18.8. The number of hydrogen-bond acceptors (Lipinski definition) is 12. The highest BCUT2D eigenvalue weighted by molar-refractivity contribution is 5.91. The molecule has 12 nitrogen and oxygen atoms in total. The topological polar surface area (TPSA) is 150 Å². The van der Waals surface area contributed by atoms with Gasteiger partial charge in [0.15, 0.2) is 16.8 Å². The molecule has 0 N–H and O–H groups in total. The minimum atomic E-state index is -1.50. The number of ether oxygens (including phenoxy) is 7. The van der Waals surface area contributed by atoms with E-state index in [4.69, 9.17) is 33.2 Å². The van der Waals surface area contributed by atoms with Crippen LogP contribution in [-0.2, 0) is 33.2 Å². The average molecular weight is 803 g/mol. The van der Waals surface area contributed by atoms with Crippen LogP contribution in [-0.4, -0.2) is 86.3 Å². The van der Waals surface area contributed by atoms with Crippen molar-refractivity contribution < 1.29 is 57.1 Å². The van der Waals surface area contributed by atoms with Crippen LogP contribution in [0.2, 0.25) is 0 Å². The lowest BCUT2D eigenvalue weighted by molar-refractivity contribution is -0.143. The molecular weight excluding hydrogens is 757 g/mol. The molecule has 0 aromatic heterocycles. The van der Waals surface area contributed by atoms with E-state index in [0.29, 0.717) is 11.1 Å². The third-order valence-electron chi connectivity index (χ3n) is 8.71. The molecule has 0 spiro atoms. The van der Waals surface area contributed by atoms with Crippen LogP contribution in [0, 0.1) is 0 Å². The number of rotatable bonds is 20. The summed E-state index contributed by atoms with van der Waals surface area (Å²) in [5.41, 5.74) is -3.09. The Labute approximate surface area is 342 Å². The molecule has 0 aliphatic carbocycles. The van der Waals surface area contributed by atoms with Gasteiger partial charge in [-0.1, -0.05) is 91.0 Å². The summed E-state index contributed by atoms with van der Waals surface area (Å²) in [6, 6.07) is 41.6. The number of carbonyl (C=O) groups excluding carboxylic acids is 5. The molecule has 59 heavy (non-hydrogen) atoms. The lowest BCUT2D eigenvalue weighted by Gasteiger charge is -2.34. The Morgan fingerprint density at radius 2 is 0.525 bits per heavy atom. The standard InChI is InChI=1S/C47H46O12/c1-45(57-42(50)37-23-13-6-14-24-37,29-53-31-46(2,58-43(51)38-25-15-7-16-26-38)33-55-40(48)35-19-9-4-10-20-35)30-54-32-47(3,59-44(52)39-27-17-8-18-28-39)34-56-41(49)36-21-11-5-12-22-36/h4-28H,29-34H2,1-3H3. The van der Waals surface area contributed by atoms with Gasteiger partial charge in [0, 0.05) is 0 Å². The molecule has 0 radical (unpaired) electrons. The van der Waals surface area contributed by atoms with Gasteiger partial charge in [-0.15, -0.1) is 0 Å². The summed E-state index contributed by atoms with van der Waals surface area (Å²) in [6.45, 7) is 2.77. The third-order valence-corrected chi connectivity index (χ3v) is 8.71. The fourth-order valence-electron chi connectivity index (χ4n) is 5.59. The molecule has 5 rings (SSSR count). The van der Waals surface area contributed by atoms with Gasteiger partial charge in [0.1, 0.15) is 13.2 Å². The summed E-state index contributed by atoms with van der Waals surface area (Å²) >= 11 is 0. The van der Waals surface area contributed by atoms with E-state index in [0.717, 1.165) is 0 Å². The molecule has 0 aliphatic heterocycles. The van der Waals surface area contributed by atoms with Gasteiger partial charge in [-0.2, -0.15) is 0 Å². The SMILES string of the molecule is CC(COCC(C)(COC(=O)c1ccccc1)OC(=O)c1ccccc1)(COCC(C)(COC(=O)c1ccccc1)OC(=O)c1ccccc1)OC(=O)c1ccccc1. The quantitative estimate of drug-likeness (QED) is 0.0564. The van der Waals surface area contributed by atoms with Crippen molar-refractivity contribution in [2.75, 3.05) is 39.6 Å². The molecule has 0 heterocycles. The van der Waals surface area contributed by atoms with E-state index in [-0.39, 0.29) is 56.3 Å². The molecule has 0 aliphatic rings. The van der Waals surface area contributed by atoms with E-state index in [1.807, 2.05) is 0 Å². The van der Waals surface area contributed by atoms with Crippen molar-refractivity contribution in [3.63, 3.8) is 0 Å². The zero-order chi connectivity index (χ0) is 42.1. The van der Waals surface area contributed by atoms with Gasteiger partial charge in [0.2, 0.25) is 0 Å². The van der Waals surface area contributed by atoms with Crippen molar-refractivity contribution in [2.24, 2.45) is 0 Å². The second kappa shape index (κ2) is 20.7. The van der Waals surface area contributed by atoms with Gasteiger partial charge in [-0.25, -0.2) is 24.0 Å². The Hall–Kier alpha value is -6.63. The van der Waals surface area contributed by atoms with Crippen LogP contribution in [0.3, 0.4) is 0 Å². The highest BCUT2D eigenvalue weighted by atomic mass is 16.6. The smallest absolute Gasteiger partial charge is 0.338 e. The lowest BCUT2D eigenvalue weighted by atomic mass is 10.1. The van der Waals surface area contributed by atoms with E-state index in [1.54, 1.807) is 172 Å². The Morgan fingerprint density at radius 1 is 0.322 bits per heavy atom. The van der Waals surface area contributed by atoms with E-state index >= 15 is 0 Å². The summed E-state index contributed by atoms with van der Waals surface area (Å²) in [5.74, 6) is -3.29. The second-order valence-corrected chi connectivity index (χ2v) is 14.5. The molecular formula is C47H46O12. The van der Waals surface area contributed by atoms with Gasteiger partial charge in [-0.05, 0) is 81.4 Å². The minimum absolute atomic E-state index is 0.266. The summed E-state index contributed by atoms with van der Waals surface area (Å²) in [5, 5.41) is 0. The first-order chi connectivity index (χ1) is 28.4. The van der Waals surface area contributed by atoms with Crippen molar-refractivity contribution >= 4 is 29.8 Å². The zero-order valence-electron chi connectivity index (χ0n) is 33.1. The summed E-state index contributed by atoms with van der Waals surface area (Å²) < 4.78 is 41.2. The van der Waals surface area contributed by atoms with E-state index in [2.05, 4.69) is 0 Å². The van der Waals surface area contributed by atoms with Crippen LogP contribution < -0.4 is 0 Å². The lowest BCUT2D eigenvalue weighted by Crippen LogP contribution is -2.48. The fourth-order valence-corrected chi connectivity index (χ4v) is 5.59. The molecule has 0 amide bonds. The van der Waals surface area contributed by atoms with Crippen LogP contribution in [0.1, 0.15) is 72.6 Å². The Morgan fingerprint density at radius 3 is 0.763 bits per heavy atom. The predicted octanol–water partition coefficient (Wildman–Crippen LogP) is 7.58. The molecule has 0 saturated carbocycles. The average Bonchev–Trinajstić information content (AvgIpc) is 3.26. The summed E-state index contributed by atoms with van der Waals surface area (Å²) in [6.07, 6.45) is 0. The third kappa shape index (κ3) is 13.5. The number of esters is 5. The van der Waals surface area contributed by atoms with E-state index in [9.17, 15) is 24.0 Å². The summed E-state index contributed by atoms with van der Waals surface area (Å²) in [4.78, 5) is 65.7. The van der Waals surface area contributed by atoms with Crippen molar-refractivity contribution in [2.45, 2.75) is 37.6 Å². The normalized spacial score (nSPS) is 13.9. The molecule has 12 heteroatoms. The van der Waals surface area contributed by atoms with Crippen LogP contribution in [0.5, 0.6) is 0 Å². The van der Waals surface area contributed by atoms with E-state index < -0.39 is 46.6 Å². The molecule has 0 saturated heterocycles. The maximum atomic E-state index is 13.4. The first kappa shape index (κ1) is 43.5. The fraction of sp³-hybridized carbons (Fsp3) is 0.255. The molecule has 5 aromatic rings. The van der Waals surface area contributed by atoms with E-state index in [1.165, 1.54) is 0 Å². The maximum absolute atomic E-state index is 13.4. The molecule has 0 fully saturated rings. The summed E-state index contributed by atoms with van der Waals surface area (Å²) in [7, 11) is 0. The van der Waals surface area contributed by atoms with Crippen LogP contribution in [0.15, 0.2) is 152 Å². The molecule has 2 unspecified atom stereocenters. The van der Waals surface area contributed by atoms with Crippen molar-refractivity contribution in [3.05, 3.63) is 179 Å². The predicted molar refractivity (Wildman–Crippen MR) is 216 cm³/mol. The van der Waals surface area contributed by atoms with Gasteiger partial charge in [-0.3, -0.25) is 0 Å². The van der Waals surface area contributed by atoms with Crippen molar-refractivity contribution in [1.82, 2.24) is 0 Å². The molecule has 0 bridgehead atoms. The number of hydrogen-bond donors (Lipinski definition) is 0.